The van der Waals surface area contributed by atoms with Crippen LogP contribution in [-0.2, 0) is 9.59 Å². The Bertz CT molecular complexity index is 288. The van der Waals surface area contributed by atoms with E-state index in [1.165, 1.54) is 6.92 Å². The van der Waals surface area contributed by atoms with Crippen molar-refractivity contribution in [3.8, 4) is 0 Å². The van der Waals surface area contributed by atoms with Crippen molar-refractivity contribution >= 4 is 11.7 Å². The molecule has 0 spiro atoms. The van der Waals surface area contributed by atoms with Crippen molar-refractivity contribution < 1.29 is 9.59 Å². The summed E-state index contributed by atoms with van der Waals surface area (Å²) in [5.74, 6) is 0.342. The summed E-state index contributed by atoms with van der Waals surface area (Å²) in [6, 6.07) is -0.570. The molecule has 0 saturated heterocycles. The monoisotopic (exact) mass is 256 g/mol. The fraction of sp³-hybridized carbons (Fsp3) is 0.857. The van der Waals surface area contributed by atoms with E-state index in [2.05, 4.69) is 19.2 Å². The first-order valence-corrected chi connectivity index (χ1v) is 6.69. The lowest BCUT2D eigenvalue weighted by atomic mass is 9.95. The van der Waals surface area contributed by atoms with Crippen LogP contribution in [0.3, 0.4) is 0 Å². The number of carbonyl (C=O) groups excluding carboxylic acids is 2. The molecule has 0 radical (unpaired) electrons. The SMILES string of the molecule is CCC(C)[C@@H](C(=O)N[C@H](C(C)=O)C(C)C)N(C)C. The van der Waals surface area contributed by atoms with E-state index >= 15 is 0 Å². The zero-order valence-corrected chi connectivity index (χ0v) is 12.8. The van der Waals surface area contributed by atoms with E-state index in [1.54, 1.807) is 0 Å². The van der Waals surface area contributed by atoms with Crippen LogP contribution in [0, 0.1) is 11.8 Å². The molecule has 1 N–H and O–H groups in total. The molecule has 0 saturated carbocycles. The summed E-state index contributed by atoms with van der Waals surface area (Å²) < 4.78 is 0. The normalized spacial score (nSPS) is 16.5. The molecule has 0 aromatic rings. The van der Waals surface area contributed by atoms with Crippen LogP contribution in [0.5, 0.6) is 0 Å². The third-order valence-corrected chi connectivity index (χ3v) is 3.41. The van der Waals surface area contributed by atoms with Crippen LogP contribution in [0.4, 0.5) is 0 Å². The van der Waals surface area contributed by atoms with Crippen molar-refractivity contribution in [2.24, 2.45) is 11.8 Å². The lowest BCUT2D eigenvalue weighted by molar-refractivity contribution is -0.132. The van der Waals surface area contributed by atoms with Gasteiger partial charge < -0.3 is 5.32 Å². The lowest BCUT2D eigenvalue weighted by Crippen LogP contribution is -2.53. The first kappa shape index (κ1) is 17.1. The van der Waals surface area contributed by atoms with E-state index in [9.17, 15) is 9.59 Å². The summed E-state index contributed by atoms with van der Waals surface area (Å²) in [6.45, 7) is 9.54. The smallest absolute Gasteiger partial charge is 0.238 e. The van der Waals surface area contributed by atoms with Gasteiger partial charge in [0.2, 0.25) is 5.91 Å². The predicted octanol–water partition coefficient (Wildman–Crippen LogP) is 1.69. The second kappa shape index (κ2) is 7.52. The maximum Gasteiger partial charge on any atom is 0.238 e. The number of nitrogens with zero attached hydrogens (tertiary/aromatic N) is 1. The first-order valence-electron chi connectivity index (χ1n) is 6.69. The average molecular weight is 256 g/mol. The van der Waals surface area contributed by atoms with E-state index in [-0.39, 0.29) is 35.6 Å². The van der Waals surface area contributed by atoms with Gasteiger partial charge in [-0.2, -0.15) is 0 Å². The molecule has 0 aromatic carbocycles. The highest BCUT2D eigenvalue weighted by molar-refractivity contribution is 5.89. The Labute approximate surface area is 111 Å². The maximum atomic E-state index is 12.3. The number of likely N-dealkylation sites (N-methyl/N-ethyl adjacent to an activating group) is 1. The Morgan fingerprint density at radius 3 is 1.94 bits per heavy atom. The van der Waals surface area contributed by atoms with Gasteiger partial charge in [-0.1, -0.05) is 34.1 Å². The molecule has 0 aliphatic rings. The number of rotatable bonds is 7. The second-order valence-corrected chi connectivity index (χ2v) is 5.63. The Kier molecular flexibility index (Phi) is 7.14. The number of ketones is 1. The highest BCUT2D eigenvalue weighted by atomic mass is 16.2. The van der Waals surface area contributed by atoms with Gasteiger partial charge in [0.05, 0.1) is 12.1 Å². The molecule has 1 amide bonds. The largest absolute Gasteiger partial charge is 0.345 e. The molecule has 0 aliphatic carbocycles. The van der Waals surface area contributed by atoms with E-state index < -0.39 is 0 Å². The molecule has 0 heterocycles. The lowest BCUT2D eigenvalue weighted by Gasteiger charge is -2.30. The molecule has 4 nitrogen and oxygen atoms in total. The standard InChI is InChI=1S/C14H28N2O2/c1-8-10(4)13(16(6)7)14(18)15-12(9(2)3)11(5)17/h9-10,12-13H,8H2,1-7H3,(H,15,18)/t10?,12-,13-/m0/s1. The number of hydrogen-bond donors (Lipinski definition) is 1. The second-order valence-electron chi connectivity index (χ2n) is 5.63. The van der Waals surface area contributed by atoms with Crippen LogP contribution in [-0.4, -0.2) is 42.8 Å². The molecule has 0 aromatic heterocycles. The highest BCUT2D eigenvalue weighted by Gasteiger charge is 2.29. The van der Waals surface area contributed by atoms with Crippen molar-refractivity contribution in [3.63, 3.8) is 0 Å². The topological polar surface area (TPSA) is 49.4 Å². The Morgan fingerprint density at radius 2 is 1.67 bits per heavy atom. The minimum Gasteiger partial charge on any atom is -0.345 e. The van der Waals surface area contributed by atoms with Gasteiger partial charge >= 0.3 is 0 Å². The molecule has 0 aliphatic heterocycles. The van der Waals surface area contributed by atoms with Gasteiger partial charge in [0.15, 0.2) is 5.78 Å². The van der Waals surface area contributed by atoms with E-state index in [0.717, 1.165) is 6.42 Å². The minimum atomic E-state index is -0.385. The van der Waals surface area contributed by atoms with Gasteiger partial charge in [0.1, 0.15) is 0 Å². The van der Waals surface area contributed by atoms with Crippen molar-refractivity contribution in [1.29, 1.82) is 0 Å². The van der Waals surface area contributed by atoms with Crippen molar-refractivity contribution in [2.75, 3.05) is 14.1 Å². The van der Waals surface area contributed by atoms with Gasteiger partial charge in [-0.3, -0.25) is 14.5 Å². The fourth-order valence-electron chi connectivity index (χ4n) is 2.20. The third kappa shape index (κ3) is 4.77. The van der Waals surface area contributed by atoms with Crippen molar-refractivity contribution in [3.05, 3.63) is 0 Å². The number of amides is 1. The molecule has 0 rings (SSSR count). The van der Waals surface area contributed by atoms with Crippen molar-refractivity contribution in [1.82, 2.24) is 10.2 Å². The molecule has 0 fully saturated rings. The van der Waals surface area contributed by atoms with Gasteiger partial charge in [-0.05, 0) is 32.9 Å². The van der Waals surface area contributed by atoms with Crippen LogP contribution in [0.2, 0.25) is 0 Å². The van der Waals surface area contributed by atoms with E-state index in [0.29, 0.717) is 0 Å². The van der Waals surface area contributed by atoms with Crippen LogP contribution >= 0.6 is 0 Å². The van der Waals surface area contributed by atoms with E-state index in [1.807, 2.05) is 32.8 Å². The van der Waals surface area contributed by atoms with Crippen LogP contribution in [0.15, 0.2) is 0 Å². The minimum absolute atomic E-state index is 0.0139. The first-order chi connectivity index (χ1) is 8.22. The number of carbonyl (C=O) groups is 2. The van der Waals surface area contributed by atoms with Gasteiger partial charge in [-0.15, -0.1) is 0 Å². The number of hydrogen-bond acceptors (Lipinski definition) is 3. The third-order valence-electron chi connectivity index (χ3n) is 3.41. The number of Topliss-reactive ketones (excluding diaryl/α,β-unsaturated/α-hetero) is 1. The summed E-state index contributed by atoms with van der Waals surface area (Å²) in [5.41, 5.74) is 0. The van der Waals surface area contributed by atoms with Crippen LogP contribution in [0.25, 0.3) is 0 Å². The molecular formula is C14H28N2O2. The molecule has 4 heteroatoms. The maximum absolute atomic E-state index is 12.3. The molecule has 18 heavy (non-hydrogen) atoms. The fourth-order valence-corrected chi connectivity index (χ4v) is 2.20. The zero-order valence-electron chi connectivity index (χ0n) is 12.8. The average Bonchev–Trinajstić information content (AvgIpc) is 2.24. The summed E-state index contributed by atoms with van der Waals surface area (Å²) in [6.07, 6.45) is 0.933. The molecule has 3 atom stereocenters. The summed E-state index contributed by atoms with van der Waals surface area (Å²) in [7, 11) is 3.79. The van der Waals surface area contributed by atoms with E-state index in [4.69, 9.17) is 0 Å². The predicted molar refractivity (Wildman–Crippen MR) is 74.4 cm³/mol. The summed E-state index contributed by atoms with van der Waals surface area (Å²) in [4.78, 5) is 25.7. The van der Waals surface area contributed by atoms with Gasteiger partial charge in [-0.25, -0.2) is 0 Å². The van der Waals surface area contributed by atoms with Crippen molar-refractivity contribution in [2.45, 2.75) is 53.1 Å². The Balaban J connectivity index is 4.84. The molecular weight excluding hydrogens is 228 g/mol. The Morgan fingerprint density at radius 1 is 1.17 bits per heavy atom. The van der Waals surface area contributed by atoms with Crippen LogP contribution in [0.1, 0.15) is 41.0 Å². The molecule has 0 bridgehead atoms. The summed E-state index contributed by atoms with van der Waals surface area (Å²) in [5, 5.41) is 2.88. The number of nitrogens with one attached hydrogen (secondary N) is 1. The Hall–Kier alpha value is -0.900. The molecule has 106 valence electrons. The summed E-state index contributed by atoms with van der Waals surface area (Å²) >= 11 is 0. The van der Waals surface area contributed by atoms with Gasteiger partial charge in [0, 0.05) is 0 Å². The van der Waals surface area contributed by atoms with Crippen LogP contribution < -0.4 is 5.32 Å². The zero-order chi connectivity index (χ0) is 14.5. The molecule has 1 unspecified atom stereocenters. The highest BCUT2D eigenvalue weighted by Crippen LogP contribution is 2.13. The van der Waals surface area contributed by atoms with Gasteiger partial charge in [0.25, 0.3) is 0 Å². The quantitative estimate of drug-likeness (QED) is 0.754.